The van der Waals surface area contributed by atoms with Crippen molar-refractivity contribution in [2.24, 2.45) is 11.8 Å². The highest BCUT2D eigenvalue weighted by atomic mass is 32.2. The van der Waals surface area contributed by atoms with Gasteiger partial charge in [-0.2, -0.15) is 0 Å². The van der Waals surface area contributed by atoms with Gasteiger partial charge in [0, 0.05) is 19.3 Å². The first-order valence-electron chi connectivity index (χ1n) is 6.07. The molecule has 1 aromatic carbocycles. The summed E-state index contributed by atoms with van der Waals surface area (Å²) in [6, 6.07) is 6.73. The van der Waals surface area contributed by atoms with Gasteiger partial charge in [-0.1, -0.05) is 19.1 Å². The molecule has 1 fully saturated rings. The van der Waals surface area contributed by atoms with E-state index in [1.54, 1.807) is 24.3 Å². The van der Waals surface area contributed by atoms with Crippen molar-refractivity contribution in [1.29, 1.82) is 0 Å². The lowest BCUT2D eigenvalue weighted by molar-refractivity contribution is -0.142. The Morgan fingerprint density at radius 3 is 2.47 bits per heavy atom. The smallest absolute Gasteiger partial charge is 0.308 e. The van der Waals surface area contributed by atoms with Gasteiger partial charge in [0.05, 0.1) is 16.5 Å². The van der Waals surface area contributed by atoms with E-state index in [-0.39, 0.29) is 10.8 Å². The lowest BCUT2D eigenvalue weighted by Gasteiger charge is -2.21. The number of carboxylic acid groups (broad SMARTS) is 1. The van der Waals surface area contributed by atoms with Crippen molar-refractivity contribution in [1.82, 2.24) is 0 Å². The van der Waals surface area contributed by atoms with E-state index in [0.717, 1.165) is 0 Å². The van der Waals surface area contributed by atoms with E-state index in [1.165, 1.54) is 6.26 Å². The van der Waals surface area contributed by atoms with Crippen molar-refractivity contribution in [3.8, 4) is 0 Å². The van der Waals surface area contributed by atoms with Gasteiger partial charge in [0.2, 0.25) is 0 Å². The van der Waals surface area contributed by atoms with Crippen molar-refractivity contribution < 1.29 is 18.3 Å². The second-order valence-electron chi connectivity index (χ2n) is 5.07. The standard InChI is InChI=1S/C13H17NO4S/c1-9-7-14(8-10(9)13(15)16)11-5-3-4-6-12(11)19(2,17)18/h3-6,9-10H,7-8H2,1-2H3,(H,15,16). The highest BCUT2D eigenvalue weighted by Gasteiger charge is 2.36. The summed E-state index contributed by atoms with van der Waals surface area (Å²) >= 11 is 0. The second kappa shape index (κ2) is 4.85. The number of nitrogens with zero attached hydrogens (tertiary/aromatic N) is 1. The Morgan fingerprint density at radius 1 is 1.32 bits per heavy atom. The number of sulfone groups is 1. The number of para-hydroxylation sites is 1. The summed E-state index contributed by atoms with van der Waals surface area (Å²) < 4.78 is 23.5. The van der Waals surface area contributed by atoms with Crippen LogP contribution in [0.1, 0.15) is 6.92 Å². The molecule has 1 N–H and O–H groups in total. The molecule has 1 heterocycles. The van der Waals surface area contributed by atoms with Crippen LogP contribution >= 0.6 is 0 Å². The first-order chi connectivity index (χ1) is 8.80. The van der Waals surface area contributed by atoms with Crippen molar-refractivity contribution in [3.05, 3.63) is 24.3 Å². The molecule has 1 aromatic rings. The molecule has 104 valence electrons. The topological polar surface area (TPSA) is 74.7 Å². The van der Waals surface area contributed by atoms with Gasteiger partial charge in [0.15, 0.2) is 9.84 Å². The Morgan fingerprint density at radius 2 is 1.95 bits per heavy atom. The predicted octanol–water partition coefficient (Wildman–Crippen LogP) is 1.25. The zero-order chi connectivity index (χ0) is 14.2. The maximum absolute atomic E-state index is 11.8. The number of anilines is 1. The number of carbonyl (C=O) groups is 1. The molecule has 2 unspecified atom stereocenters. The third-order valence-electron chi connectivity index (χ3n) is 3.53. The van der Waals surface area contributed by atoms with Crippen molar-refractivity contribution in [2.75, 3.05) is 24.2 Å². The maximum Gasteiger partial charge on any atom is 0.308 e. The van der Waals surface area contributed by atoms with Crippen LogP contribution in [0, 0.1) is 11.8 Å². The third kappa shape index (κ3) is 2.73. The molecule has 2 rings (SSSR count). The minimum absolute atomic E-state index is 0.00474. The number of carboxylic acids is 1. The zero-order valence-corrected chi connectivity index (χ0v) is 11.7. The fraction of sp³-hybridized carbons (Fsp3) is 0.462. The van der Waals surface area contributed by atoms with E-state index in [0.29, 0.717) is 18.8 Å². The Bertz CT molecular complexity index is 596. The van der Waals surface area contributed by atoms with Gasteiger partial charge in [-0.15, -0.1) is 0 Å². The summed E-state index contributed by atoms with van der Waals surface area (Å²) in [6.45, 7) is 2.79. The summed E-state index contributed by atoms with van der Waals surface area (Å²) in [4.78, 5) is 13.2. The minimum Gasteiger partial charge on any atom is -0.481 e. The summed E-state index contributed by atoms with van der Waals surface area (Å²) in [5, 5.41) is 9.13. The second-order valence-corrected chi connectivity index (χ2v) is 7.05. The zero-order valence-electron chi connectivity index (χ0n) is 10.9. The Balaban J connectivity index is 2.37. The van der Waals surface area contributed by atoms with Crippen LogP contribution in [-0.2, 0) is 14.6 Å². The van der Waals surface area contributed by atoms with Crippen LogP contribution in [0.15, 0.2) is 29.2 Å². The molecule has 6 heteroatoms. The van der Waals surface area contributed by atoms with Crippen LogP contribution in [0.2, 0.25) is 0 Å². The third-order valence-corrected chi connectivity index (χ3v) is 4.68. The number of benzene rings is 1. The van der Waals surface area contributed by atoms with Gasteiger partial charge >= 0.3 is 5.97 Å². The maximum atomic E-state index is 11.8. The first-order valence-corrected chi connectivity index (χ1v) is 7.96. The molecule has 0 spiro atoms. The van der Waals surface area contributed by atoms with Crippen LogP contribution in [0.4, 0.5) is 5.69 Å². The molecule has 0 aliphatic carbocycles. The van der Waals surface area contributed by atoms with Gasteiger partial charge in [0.1, 0.15) is 0 Å². The average molecular weight is 283 g/mol. The summed E-state index contributed by atoms with van der Waals surface area (Å²) in [7, 11) is -3.32. The normalized spacial score (nSPS) is 23.6. The molecule has 1 aliphatic rings. The molecule has 19 heavy (non-hydrogen) atoms. The summed E-state index contributed by atoms with van der Waals surface area (Å²) in [5.74, 6) is -1.27. The number of hydrogen-bond acceptors (Lipinski definition) is 4. The fourth-order valence-electron chi connectivity index (χ4n) is 2.52. The predicted molar refractivity (Wildman–Crippen MR) is 72.1 cm³/mol. The molecule has 1 saturated heterocycles. The molecule has 0 saturated carbocycles. The summed E-state index contributed by atoms with van der Waals surface area (Å²) in [6.07, 6.45) is 1.17. The van der Waals surface area contributed by atoms with Gasteiger partial charge in [-0.05, 0) is 18.1 Å². The van der Waals surface area contributed by atoms with Crippen LogP contribution < -0.4 is 4.90 Å². The van der Waals surface area contributed by atoms with Crippen LogP contribution in [0.25, 0.3) is 0 Å². The van der Waals surface area contributed by atoms with Crippen LogP contribution in [0.3, 0.4) is 0 Å². The van der Waals surface area contributed by atoms with Crippen molar-refractivity contribution in [2.45, 2.75) is 11.8 Å². The number of aliphatic carboxylic acids is 1. The van der Waals surface area contributed by atoms with Crippen molar-refractivity contribution in [3.63, 3.8) is 0 Å². The van der Waals surface area contributed by atoms with Gasteiger partial charge in [0.25, 0.3) is 0 Å². The van der Waals surface area contributed by atoms with E-state index in [2.05, 4.69) is 0 Å². The molecule has 0 bridgehead atoms. The highest BCUT2D eigenvalue weighted by molar-refractivity contribution is 7.90. The Kier molecular flexibility index (Phi) is 3.54. The van der Waals surface area contributed by atoms with Crippen LogP contribution in [-0.4, -0.2) is 38.8 Å². The monoisotopic (exact) mass is 283 g/mol. The quantitative estimate of drug-likeness (QED) is 0.903. The SMILES string of the molecule is CC1CN(c2ccccc2S(C)(=O)=O)CC1C(=O)O. The lowest BCUT2D eigenvalue weighted by atomic mass is 9.99. The van der Waals surface area contributed by atoms with Gasteiger partial charge in [-0.3, -0.25) is 4.79 Å². The fourth-order valence-corrected chi connectivity index (χ4v) is 3.42. The largest absolute Gasteiger partial charge is 0.481 e. The lowest BCUT2D eigenvalue weighted by Crippen LogP contribution is -2.24. The molecule has 0 radical (unpaired) electrons. The molecule has 2 atom stereocenters. The molecule has 1 aliphatic heterocycles. The molecule has 0 aromatic heterocycles. The van der Waals surface area contributed by atoms with E-state index >= 15 is 0 Å². The van der Waals surface area contributed by atoms with E-state index < -0.39 is 21.7 Å². The molecule has 5 nitrogen and oxygen atoms in total. The number of rotatable bonds is 3. The molecular weight excluding hydrogens is 266 g/mol. The van der Waals surface area contributed by atoms with Gasteiger partial charge in [-0.25, -0.2) is 8.42 Å². The number of hydrogen-bond donors (Lipinski definition) is 1. The first kappa shape index (κ1) is 13.9. The highest BCUT2D eigenvalue weighted by Crippen LogP contribution is 2.32. The summed E-state index contributed by atoms with van der Waals surface area (Å²) in [5.41, 5.74) is 0.598. The van der Waals surface area contributed by atoms with E-state index in [1.807, 2.05) is 11.8 Å². The van der Waals surface area contributed by atoms with E-state index in [4.69, 9.17) is 5.11 Å². The minimum atomic E-state index is -3.32. The van der Waals surface area contributed by atoms with Gasteiger partial charge < -0.3 is 10.0 Å². The molecular formula is C13H17NO4S. The Labute approximate surface area is 112 Å². The van der Waals surface area contributed by atoms with Crippen LogP contribution in [0.5, 0.6) is 0 Å². The Hall–Kier alpha value is -1.56. The van der Waals surface area contributed by atoms with E-state index in [9.17, 15) is 13.2 Å². The average Bonchev–Trinajstić information content (AvgIpc) is 2.70. The molecule has 0 amide bonds. The van der Waals surface area contributed by atoms with Crippen molar-refractivity contribution >= 4 is 21.5 Å².